The van der Waals surface area contributed by atoms with Gasteiger partial charge in [0.15, 0.2) is 0 Å². The van der Waals surface area contributed by atoms with Crippen molar-refractivity contribution in [2.24, 2.45) is 0 Å². The van der Waals surface area contributed by atoms with Crippen molar-refractivity contribution in [1.82, 2.24) is 15.1 Å². The molecule has 0 aliphatic carbocycles. The summed E-state index contributed by atoms with van der Waals surface area (Å²) in [5.74, 6) is -7.98. The zero-order valence-electron chi connectivity index (χ0n) is 21.4. The van der Waals surface area contributed by atoms with Crippen LogP contribution < -0.4 is 5.32 Å². The van der Waals surface area contributed by atoms with E-state index in [2.05, 4.69) is 14.4 Å². The summed E-state index contributed by atoms with van der Waals surface area (Å²) in [6.45, 7) is -0.984. The van der Waals surface area contributed by atoms with Crippen molar-refractivity contribution >= 4 is 31.5 Å². The standard InChI is InChI=1S/C25H25F3N3O8P/c1-37-40(36,38-2)39-14-31-21(32)10-9-20(23(31)34)30-13-16-11-15(3-8-19(16)22(30)33)12-29-24(35)25(27,28)17-4-6-18(26)7-5-17/h3-8,11,20H,9-10,12-14H2,1-2H3,(H,29,35). The Morgan fingerprint density at radius 3 is 2.42 bits per heavy atom. The van der Waals surface area contributed by atoms with E-state index in [1.807, 2.05) is 0 Å². The van der Waals surface area contributed by atoms with Gasteiger partial charge in [0.1, 0.15) is 18.6 Å². The average molecular weight is 583 g/mol. The van der Waals surface area contributed by atoms with Crippen LogP contribution in [0.15, 0.2) is 42.5 Å². The number of rotatable bonds is 10. The second-order valence-corrected chi connectivity index (χ2v) is 10.9. The van der Waals surface area contributed by atoms with Gasteiger partial charge in [0.25, 0.3) is 17.7 Å². The van der Waals surface area contributed by atoms with E-state index < -0.39 is 61.5 Å². The Bertz CT molecular complexity index is 1380. The second kappa shape index (κ2) is 11.5. The van der Waals surface area contributed by atoms with Crippen molar-refractivity contribution in [3.05, 3.63) is 70.5 Å². The molecule has 1 fully saturated rings. The van der Waals surface area contributed by atoms with Gasteiger partial charge >= 0.3 is 13.7 Å². The molecule has 0 aromatic heterocycles. The van der Waals surface area contributed by atoms with Gasteiger partial charge in [-0.2, -0.15) is 8.78 Å². The Morgan fingerprint density at radius 2 is 1.77 bits per heavy atom. The van der Waals surface area contributed by atoms with E-state index in [1.54, 1.807) is 6.07 Å². The molecule has 2 heterocycles. The lowest BCUT2D eigenvalue weighted by Gasteiger charge is -2.35. The Balaban J connectivity index is 1.42. The van der Waals surface area contributed by atoms with Crippen LogP contribution in [0.1, 0.15) is 39.9 Å². The maximum absolute atomic E-state index is 14.5. The molecule has 1 atom stereocenters. The first kappa shape index (κ1) is 29.4. The fourth-order valence-corrected chi connectivity index (χ4v) is 5.01. The number of amides is 4. The molecule has 0 radical (unpaired) electrons. The van der Waals surface area contributed by atoms with Crippen LogP contribution in [-0.2, 0) is 51.5 Å². The van der Waals surface area contributed by atoms with Gasteiger partial charge in [-0.15, -0.1) is 0 Å². The number of alkyl halides is 2. The molecule has 0 saturated carbocycles. The van der Waals surface area contributed by atoms with E-state index in [1.165, 1.54) is 17.0 Å². The molecular formula is C25H25F3N3O8P. The van der Waals surface area contributed by atoms with E-state index >= 15 is 0 Å². The fourth-order valence-electron chi connectivity index (χ4n) is 4.40. The van der Waals surface area contributed by atoms with Gasteiger partial charge in [-0.05, 0) is 47.9 Å². The molecule has 2 aliphatic heterocycles. The van der Waals surface area contributed by atoms with Crippen LogP contribution in [0.4, 0.5) is 13.2 Å². The van der Waals surface area contributed by atoms with Gasteiger partial charge in [0, 0.05) is 44.9 Å². The zero-order valence-corrected chi connectivity index (χ0v) is 22.3. The average Bonchev–Trinajstić information content (AvgIpc) is 3.26. The molecular weight excluding hydrogens is 558 g/mol. The number of piperidine rings is 1. The van der Waals surface area contributed by atoms with E-state index in [4.69, 9.17) is 4.52 Å². The van der Waals surface area contributed by atoms with Gasteiger partial charge in [0.2, 0.25) is 5.91 Å². The lowest BCUT2D eigenvalue weighted by Crippen LogP contribution is -2.55. The Morgan fingerprint density at radius 1 is 1.10 bits per heavy atom. The van der Waals surface area contributed by atoms with Gasteiger partial charge < -0.3 is 10.2 Å². The number of hydrogen-bond acceptors (Lipinski definition) is 8. The number of fused-ring (bicyclic) bond motifs is 1. The third kappa shape index (κ3) is 5.80. The van der Waals surface area contributed by atoms with Crippen LogP contribution in [0.3, 0.4) is 0 Å². The summed E-state index contributed by atoms with van der Waals surface area (Å²) in [5, 5.41) is 2.15. The largest absolute Gasteiger partial charge is 0.475 e. The quantitative estimate of drug-likeness (QED) is 0.334. The smallest absolute Gasteiger partial charge is 0.346 e. The molecule has 4 amide bonds. The van der Waals surface area contributed by atoms with Crippen LogP contribution in [0.25, 0.3) is 0 Å². The number of benzene rings is 2. The minimum absolute atomic E-state index is 0.00434. The summed E-state index contributed by atoms with van der Waals surface area (Å²) in [6.07, 6.45) is -0.0226. The SMILES string of the molecule is COP(=O)(OC)OCN1C(=O)CCC(N2Cc3cc(CNC(=O)C(F)(F)c4ccc(F)cc4)ccc3C2=O)C1=O. The van der Waals surface area contributed by atoms with Crippen molar-refractivity contribution in [2.45, 2.75) is 37.9 Å². The highest BCUT2D eigenvalue weighted by atomic mass is 31.2. The van der Waals surface area contributed by atoms with Crippen molar-refractivity contribution in [3.8, 4) is 0 Å². The highest BCUT2D eigenvalue weighted by Crippen LogP contribution is 2.47. The number of hydrogen-bond donors (Lipinski definition) is 1. The topological polar surface area (TPSA) is 132 Å². The first-order chi connectivity index (χ1) is 18.9. The molecule has 1 unspecified atom stereocenters. The first-order valence-corrected chi connectivity index (χ1v) is 13.4. The number of phosphoric ester groups is 1. The molecule has 2 aromatic rings. The van der Waals surface area contributed by atoms with Crippen LogP contribution >= 0.6 is 7.82 Å². The summed E-state index contributed by atoms with van der Waals surface area (Å²) >= 11 is 0. The van der Waals surface area contributed by atoms with Crippen molar-refractivity contribution in [1.29, 1.82) is 0 Å². The van der Waals surface area contributed by atoms with Crippen molar-refractivity contribution in [2.75, 3.05) is 21.0 Å². The minimum atomic E-state index is -3.97. The molecule has 15 heteroatoms. The molecule has 0 bridgehead atoms. The molecule has 11 nitrogen and oxygen atoms in total. The normalized spacial score (nSPS) is 17.8. The number of nitrogens with one attached hydrogen (secondary N) is 1. The number of carbonyl (C=O) groups is 4. The minimum Gasteiger partial charge on any atom is -0.346 e. The van der Waals surface area contributed by atoms with Gasteiger partial charge in [-0.3, -0.25) is 37.6 Å². The van der Waals surface area contributed by atoms with Crippen LogP contribution in [0.2, 0.25) is 0 Å². The maximum atomic E-state index is 14.5. The Kier molecular flexibility index (Phi) is 8.45. The number of imide groups is 1. The number of carbonyl (C=O) groups excluding carboxylic acids is 4. The van der Waals surface area contributed by atoms with Gasteiger partial charge in [-0.1, -0.05) is 12.1 Å². The predicted octanol–water partition coefficient (Wildman–Crippen LogP) is 3.08. The molecule has 1 saturated heterocycles. The second-order valence-electron chi connectivity index (χ2n) is 8.97. The third-order valence-electron chi connectivity index (χ3n) is 6.60. The summed E-state index contributed by atoms with van der Waals surface area (Å²) in [4.78, 5) is 52.7. The third-order valence-corrected chi connectivity index (χ3v) is 7.92. The van der Waals surface area contributed by atoms with Crippen molar-refractivity contribution in [3.63, 3.8) is 0 Å². The zero-order chi connectivity index (χ0) is 29.2. The van der Waals surface area contributed by atoms with Crippen LogP contribution in [0.5, 0.6) is 0 Å². The highest BCUT2D eigenvalue weighted by molar-refractivity contribution is 7.48. The molecule has 214 valence electrons. The van der Waals surface area contributed by atoms with Gasteiger partial charge in [-0.25, -0.2) is 8.96 Å². The summed E-state index contributed by atoms with van der Waals surface area (Å²) in [6, 6.07) is 6.80. The lowest BCUT2D eigenvalue weighted by molar-refractivity contribution is -0.156. The summed E-state index contributed by atoms with van der Waals surface area (Å²) in [7, 11) is -1.83. The molecule has 2 aliphatic rings. The molecule has 0 spiro atoms. The van der Waals surface area contributed by atoms with E-state index in [0.717, 1.165) is 43.4 Å². The number of likely N-dealkylation sites (tertiary alicyclic amines) is 1. The van der Waals surface area contributed by atoms with Gasteiger partial charge in [0.05, 0.1) is 0 Å². The molecule has 2 aromatic carbocycles. The van der Waals surface area contributed by atoms with Crippen LogP contribution in [0, 0.1) is 5.82 Å². The van der Waals surface area contributed by atoms with E-state index in [0.29, 0.717) is 11.1 Å². The fraction of sp³-hybridized carbons (Fsp3) is 0.360. The van der Waals surface area contributed by atoms with Crippen molar-refractivity contribution < 1.29 is 50.5 Å². The number of phosphoric acid groups is 1. The summed E-state index contributed by atoms with van der Waals surface area (Å²) < 4.78 is 68.5. The highest BCUT2D eigenvalue weighted by Gasteiger charge is 2.44. The number of nitrogens with zero attached hydrogens (tertiary/aromatic N) is 2. The molecule has 40 heavy (non-hydrogen) atoms. The number of halogens is 3. The Hall–Kier alpha value is -3.58. The van der Waals surface area contributed by atoms with Crippen LogP contribution in [-0.4, -0.2) is 60.4 Å². The molecule has 1 N–H and O–H groups in total. The maximum Gasteiger partial charge on any atom is 0.475 e. The predicted molar refractivity (Wildman–Crippen MR) is 131 cm³/mol. The van der Waals surface area contributed by atoms with E-state index in [-0.39, 0.29) is 31.5 Å². The van der Waals surface area contributed by atoms with E-state index in [9.17, 15) is 36.9 Å². The molecule has 4 rings (SSSR count). The first-order valence-electron chi connectivity index (χ1n) is 12.0. The lowest BCUT2D eigenvalue weighted by atomic mass is 10.0. The Labute approximate surface area is 226 Å². The summed E-state index contributed by atoms with van der Waals surface area (Å²) in [5.41, 5.74) is 0.538. The monoisotopic (exact) mass is 583 g/mol.